The molecule has 4 aromatic rings. The summed E-state index contributed by atoms with van der Waals surface area (Å²) < 4.78 is 1.66. The van der Waals surface area contributed by atoms with Crippen LogP contribution in [0.3, 0.4) is 0 Å². The first-order chi connectivity index (χ1) is 15.0. The summed E-state index contributed by atoms with van der Waals surface area (Å²) in [6.45, 7) is 5.28. The third-order valence-corrected chi connectivity index (χ3v) is 6.31. The summed E-state index contributed by atoms with van der Waals surface area (Å²) >= 11 is 0. The van der Waals surface area contributed by atoms with Gasteiger partial charge < -0.3 is 14.5 Å². The molecule has 0 spiro atoms. The van der Waals surface area contributed by atoms with Gasteiger partial charge in [0.05, 0.1) is 16.6 Å². The fourth-order valence-corrected chi connectivity index (χ4v) is 4.56. The molecule has 1 N–H and O–H groups in total. The summed E-state index contributed by atoms with van der Waals surface area (Å²) in [6.07, 6.45) is 3.48. The second-order valence-corrected chi connectivity index (χ2v) is 8.60. The number of para-hydroxylation sites is 2. The second-order valence-electron chi connectivity index (χ2n) is 8.60. The number of imidazole rings is 1. The van der Waals surface area contributed by atoms with E-state index >= 15 is 0 Å². The highest BCUT2D eigenvalue weighted by Gasteiger charge is 2.28. The number of H-pyrrole nitrogens is 1. The normalized spacial score (nSPS) is 15.3. The fraction of sp³-hybridized carbons (Fsp3) is 0.320. The maximum Gasteiger partial charge on any atom is 0.258 e. The van der Waals surface area contributed by atoms with Crippen LogP contribution in [0.4, 0.5) is 0 Å². The number of hydrogen-bond donors (Lipinski definition) is 1. The number of likely N-dealkylation sites (tertiary alicyclic amines) is 1. The Balaban J connectivity index is 1.41. The maximum absolute atomic E-state index is 13.5. The number of nitrogens with one attached hydrogen (secondary N) is 1. The largest absolute Gasteiger partial charge is 0.342 e. The van der Waals surface area contributed by atoms with Crippen molar-refractivity contribution in [1.82, 2.24) is 19.4 Å². The minimum Gasteiger partial charge on any atom is -0.342 e. The number of carbonyl (C=O) groups excluding carboxylic acids is 1. The molecular weight excluding hydrogens is 388 g/mol. The van der Waals surface area contributed by atoms with Crippen LogP contribution in [0.15, 0.2) is 59.5 Å². The van der Waals surface area contributed by atoms with Gasteiger partial charge in [0, 0.05) is 42.0 Å². The number of piperidine rings is 1. The molecule has 1 fully saturated rings. The lowest BCUT2D eigenvalue weighted by atomic mass is 9.95. The zero-order valence-electron chi connectivity index (χ0n) is 17.8. The average molecular weight is 415 g/mol. The van der Waals surface area contributed by atoms with Crippen molar-refractivity contribution in [2.45, 2.75) is 38.6 Å². The van der Waals surface area contributed by atoms with Crippen LogP contribution < -0.4 is 5.56 Å². The van der Waals surface area contributed by atoms with Gasteiger partial charge in [-0.3, -0.25) is 9.59 Å². The van der Waals surface area contributed by atoms with Gasteiger partial charge in [-0.15, -0.1) is 0 Å². The molecule has 0 atom stereocenters. The van der Waals surface area contributed by atoms with Crippen molar-refractivity contribution >= 4 is 27.7 Å². The highest BCUT2D eigenvalue weighted by molar-refractivity contribution is 6.06. The van der Waals surface area contributed by atoms with Crippen molar-refractivity contribution in [3.8, 4) is 0 Å². The molecule has 6 nitrogen and oxygen atoms in total. The lowest BCUT2D eigenvalue weighted by molar-refractivity contribution is 0.0712. The SMILES string of the molecule is CC(C)n1cc(C(=O)N2CCC(c3nc4ccccc4[nH]3)CC2)c2ccccc2c1=O. The van der Waals surface area contributed by atoms with Crippen molar-refractivity contribution in [2.24, 2.45) is 0 Å². The summed E-state index contributed by atoms with van der Waals surface area (Å²) in [5.41, 5.74) is 2.59. The molecule has 5 rings (SSSR count). The summed E-state index contributed by atoms with van der Waals surface area (Å²) in [4.78, 5) is 36.4. The van der Waals surface area contributed by atoms with Crippen LogP contribution in [-0.2, 0) is 0 Å². The van der Waals surface area contributed by atoms with Crippen LogP contribution in [-0.4, -0.2) is 38.4 Å². The number of hydrogen-bond acceptors (Lipinski definition) is 3. The van der Waals surface area contributed by atoms with Crippen LogP contribution in [0.2, 0.25) is 0 Å². The molecule has 0 unspecified atom stereocenters. The number of amides is 1. The Morgan fingerprint density at radius 1 is 1.03 bits per heavy atom. The van der Waals surface area contributed by atoms with Crippen LogP contribution in [0, 0.1) is 0 Å². The van der Waals surface area contributed by atoms with Crippen molar-refractivity contribution < 1.29 is 4.79 Å². The molecule has 2 aromatic carbocycles. The van der Waals surface area contributed by atoms with E-state index in [0.717, 1.165) is 35.1 Å². The molecule has 0 bridgehead atoms. The molecule has 1 amide bonds. The van der Waals surface area contributed by atoms with E-state index in [-0.39, 0.29) is 17.5 Å². The van der Waals surface area contributed by atoms with Crippen LogP contribution in [0.1, 0.15) is 54.8 Å². The molecule has 0 saturated carbocycles. The molecular formula is C25H26N4O2. The van der Waals surface area contributed by atoms with Crippen molar-refractivity contribution in [3.05, 3.63) is 76.5 Å². The Kier molecular flexibility index (Phi) is 4.85. The van der Waals surface area contributed by atoms with Crippen LogP contribution in [0.5, 0.6) is 0 Å². The Labute approximate surface area is 180 Å². The van der Waals surface area contributed by atoms with E-state index in [9.17, 15) is 9.59 Å². The van der Waals surface area contributed by atoms with Gasteiger partial charge in [-0.25, -0.2) is 4.98 Å². The molecule has 31 heavy (non-hydrogen) atoms. The molecule has 0 aliphatic carbocycles. The van der Waals surface area contributed by atoms with Crippen molar-refractivity contribution in [3.63, 3.8) is 0 Å². The van der Waals surface area contributed by atoms with Gasteiger partial charge in [0.15, 0.2) is 0 Å². The highest BCUT2D eigenvalue weighted by atomic mass is 16.2. The van der Waals surface area contributed by atoms with E-state index in [2.05, 4.69) is 4.98 Å². The Morgan fingerprint density at radius 2 is 1.71 bits per heavy atom. The van der Waals surface area contributed by atoms with Crippen molar-refractivity contribution in [1.29, 1.82) is 0 Å². The number of aromatic nitrogens is 3. The van der Waals surface area contributed by atoms with E-state index in [0.29, 0.717) is 30.0 Å². The topological polar surface area (TPSA) is 71.0 Å². The lowest BCUT2D eigenvalue weighted by Gasteiger charge is -2.31. The monoisotopic (exact) mass is 414 g/mol. The zero-order valence-corrected chi connectivity index (χ0v) is 17.8. The molecule has 0 radical (unpaired) electrons. The second kappa shape index (κ2) is 7.69. The van der Waals surface area contributed by atoms with Gasteiger partial charge in [0.1, 0.15) is 5.82 Å². The average Bonchev–Trinajstić information content (AvgIpc) is 3.23. The van der Waals surface area contributed by atoms with Crippen LogP contribution in [0.25, 0.3) is 21.8 Å². The Hall–Kier alpha value is -3.41. The predicted molar refractivity (Wildman–Crippen MR) is 123 cm³/mol. The summed E-state index contributed by atoms with van der Waals surface area (Å²) in [7, 11) is 0. The number of nitrogens with zero attached hydrogens (tertiary/aromatic N) is 3. The number of fused-ring (bicyclic) bond motifs is 2. The molecule has 1 aliphatic heterocycles. The number of benzene rings is 2. The van der Waals surface area contributed by atoms with E-state index in [4.69, 9.17) is 4.98 Å². The fourth-order valence-electron chi connectivity index (χ4n) is 4.56. The predicted octanol–water partition coefficient (Wildman–Crippen LogP) is 4.48. The zero-order chi connectivity index (χ0) is 21.5. The molecule has 2 aromatic heterocycles. The number of aromatic amines is 1. The van der Waals surface area contributed by atoms with E-state index in [1.165, 1.54) is 0 Å². The lowest BCUT2D eigenvalue weighted by Crippen LogP contribution is -2.39. The number of pyridine rings is 1. The quantitative estimate of drug-likeness (QED) is 0.537. The van der Waals surface area contributed by atoms with E-state index in [1.54, 1.807) is 16.8 Å². The minimum absolute atomic E-state index is 0.00587. The summed E-state index contributed by atoms with van der Waals surface area (Å²) in [6, 6.07) is 15.5. The third-order valence-electron chi connectivity index (χ3n) is 6.31. The minimum atomic E-state index is -0.0502. The Morgan fingerprint density at radius 3 is 2.42 bits per heavy atom. The summed E-state index contributed by atoms with van der Waals surface area (Å²) in [5.74, 6) is 1.32. The van der Waals surface area contributed by atoms with Gasteiger partial charge in [0.2, 0.25) is 0 Å². The van der Waals surface area contributed by atoms with Gasteiger partial charge in [-0.05, 0) is 44.9 Å². The molecule has 3 heterocycles. The van der Waals surface area contributed by atoms with Gasteiger partial charge in [0.25, 0.3) is 11.5 Å². The highest BCUT2D eigenvalue weighted by Crippen LogP contribution is 2.29. The van der Waals surface area contributed by atoms with Crippen LogP contribution >= 0.6 is 0 Å². The van der Waals surface area contributed by atoms with E-state index in [1.807, 2.05) is 61.2 Å². The third kappa shape index (κ3) is 3.42. The molecule has 1 saturated heterocycles. The summed E-state index contributed by atoms with van der Waals surface area (Å²) in [5, 5.41) is 1.33. The Bertz CT molecular complexity index is 1290. The first kappa shape index (κ1) is 19.5. The smallest absolute Gasteiger partial charge is 0.258 e. The molecule has 1 aliphatic rings. The van der Waals surface area contributed by atoms with Gasteiger partial charge in [-0.2, -0.15) is 0 Å². The van der Waals surface area contributed by atoms with E-state index < -0.39 is 0 Å². The first-order valence-electron chi connectivity index (χ1n) is 10.9. The maximum atomic E-state index is 13.5. The van der Waals surface area contributed by atoms with Gasteiger partial charge >= 0.3 is 0 Å². The first-order valence-corrected chi connectivity index (χ1v) is 10.9. The van der Waals surface area contributed by atoms with Crippen molar-refractivity contribution in [2.75, 3.05) is 13.1 Å². The molecule has 158 valence electrons. The standard InChI is InChI=1S/C25H26N4O2/c1-16(2)29-15-20(18-7-3-4-8-19(18)25(29)31)24(30)28-13-11-17(12-14-28)23-26-21-9-5-6-10-22(21)27-23/h3-10,15-17H,11-14H2,1-2H3,(H,26,27). The number of carbonyl (C=O) groups is 1. The number of rotatable bonds is 3. The molecule has 6 heteroatoms. The van der Waals surface area contributed by atoms with Gasteiger partial charge in [-0.1, -0.05) is 30.3 Å².